The number of aldehydes is 1. The quantitative estimate of drug-likeness (QED) is 0.196. The van der Waals surface area contributed by atoms with Crippen LogP contribution in [0.1, 0.15) is 113 Å². The van der Waals surface area contributed by atoms with E-state index in [2.05, 4.69) is 47.3 Å². The largest absolute Gasteiger partial charge is 0.396 e. The Hall–Kier alpha value is -1.19. The minimum absolute atomic E-state index is 0.121. The van der Waals surface area contributed by atoms with Crippen LogP contribution in [-0.4, -0.2) is 28.7 Å². The van der Waals surface area contributed by atoms with Gasteiger partial charge in [0.1, 0.15) is 6.29 Å². The smallest absolute Gasteiger partial charge is 0.145 e. The maximum atomic E-state index is 11.6. The lowest BCUT2D eigenvalue weighted by atomic mass is 9.54. The molecule has 0 saturated heterocycles. The second-order valence-corrected chi connectivity index (χ2v) is 12.5. The van der Waals surface area contributed by atoms with Crippen LogP contribution in [0.4, 0.5) is 0 Å². The molecule has 5 atom stereocenters. The van der Waals surface area contributed by atoms with Crippen LogP contribution in [0.25, 0.3) is 0 Å². The first-order valence-electron chi connectivity index (χ1n) is 13.6. The van der Waals surface area contributed by atoms with Crippen molar-refractivity contribution in [1.29, 1.82) is 0 Å². The van der Waals surface area contributed by atoms with E-state index in [0.717, 1.165) is 62.7 Å². The molecule has 0 amide bonds. The number of aliphatic hydroxyl groups is 2. The first-order chi connectivity index (χ1) is 15.8. The first kappa shape index (κ1) is 29.0. The third-order valence-electron chi connectivity index (χ3n) is 10.2. The third-order valence-corrected chi connectivity index (χ3v) is 10.2. The van der Waals surface area contributed by atoms with Gasteiger partial charge in [0.25, 0.3) is 0 Å². The van der Waals surface area contributed by atoms with Crippen molar-refractivity contribution in [1.82, 2.24) is 0 Å². The van der Waals surface area contributed by atoms with Gasteiger partial charge in [-0.25, -0.2) is 0 Å². The number of rotatable bonds is 10. The molecule has 0 heterocycles. The van der Waals surface area contributed by atoms with E-state index in [1.165, 1.54) is 23.1 Å². The minimum Gasteiger partial charge on any atom is -0.396 e. The Labute approximate surface area is 209 Å². The molecule has 3 heteroatoms. The summed E-state index contributed by atoms with van der Waals surface area (Å²) in [6, 6.07) is 0. The molecule has 3 nitrogen and oxygen atoms in total. The molecule has 2 fully saturated rings. The average molecular weight is 473 g/mol. The summed E-state index contributed by atoms with van der Waals surface area (Å²) in [5, 5.41) is 21.0. The molecule has 194 valence electrons. The predicted molar refractivity (Wildman–Crippen MR) is 144 cm³/mol. The predicted octanol–water partition coefficient (Wildman–Crippen LogP) is 7.58. The molecule has 34 heavy (non-hydrogen) atoms. The van der Waals surface area contributed by atoms with Crippen LogP contribution >= 0.6 is 0 Å². The van der Waals surface area contributed by atoms with Crippen LogP contribution in [0.15, 0.2) is 34.9 Å². The summed E-state index contributed by atoms with van der Waals surface area (Å²) in [7, 11) is 0. The molecule has 2 saturated carbocycles. The van der Waals surface area contributed by atoms with Crippen molar-refractivity contribution in [2.45, 2.75) is 118 Å². The zero-order valence-corrected chi connectivity index (χ0v) is 23.2. The zero-order valence-electron chi connectivity index (χ0n) is 23.2. The van der Waals surface area contributed by atoms with Crippen molar-refractivity contribution < 1.29 is 15.0 Å². The summed E-state index contributed by atoms with van der Waals surface area (Å²) in [5.74, 6) is 1.43. The highest BCUT2D eigenvalue weighted by Gasteiger charge is 2.52. The molecule has 0 aliphatic heterocycles. The maximum Gasteiger partial charge on any atom is 0.145 e. The van der Waals surface area contributed by atoms with Gasteiger partial charge in [-0.1, -0.05) is 57.1 Å². The Morgan fingerprint density at radius 1 is 1.12 bits per heavy atom. The summed E-state index contributed by atoms with van der Waals surface area (Å²) < 4.78 is 0. The SMILES string of the molecule is C=C1CC[C@H](C)C(C)(C)[C@@H]1CC/C(C)=C/CC[C@@]1(C)[C@H](CCCO)/C(=C(\C)C=O)CC[C@]1(C)O. The number of carbonyl (C=O) groups is 1. The molecule has 0 bridgehead atoms. The third kappa shape index (κ3) is 6.13. The first-order valence-corrected chi connectivity index (χ1v) is 13.6. The number of hydrogen-bond acceptors (Lipinski definition) is 3. The van der Waals surface area contributed by atoms with Crippen molar-refractivity contribution in [3.63, 3.8) is 0 Å². The highest BCUT2D eigenvalue weighted by atomic mass is 16.3. The lowest BCUT2D eigenvalue weighted by molar-refractivity contribution is -0.115. The van der Waals surface area contributed by atoms with Gasteiger partial charge in [-0.15, -0.1) is 0 Å². The Balaban J connectivity index is 2.13. The van der Waals surface area contributed by atoms with E-state index < -0.39 is 5.60 Å². The Bertz CT molecular complexity index is 784. The monoisotopic (exact) mass is 472 g/mol. The number of aliphatic hydroxyl groups excluding tert-OH is 1. The summed E-state index contributed by atoms with van der Waals surface area (Å²) >= 11 is 0. The minimum atomic E-state index is -0.790. The fraction of sp³-hybridized carbons (Fsp3) is 0.774. The van der Waals surface area contributed by atoms with Gasteiger partial charge in [-0.2, -0.15) is 0 Å². The van der Waals surface area contributed by atoms with Crippen molar-refractivity contribution in [3.05, 3.63) is 34.9 Å². The lowest BCUT2D eigenvalue weighted by Gasteiger charge is -2.53. The van der Waals surface area contributed by atoms with E-state index in [1.807, 2.05) is 13.8 Å². The molecule has 2 N–H and O–H groups in total. The fourth-order valence-corrected chi connectivity index (χ4v) is 6.86. The van der Waals surface area contributed by atoms with Crippen molar-refractivity contribution >= 4 is 6.29 Å². The standard InChI is InChI=1S/C31H52O3/c1-22(13-16-27-23(2)14-15-25(4)29(27,5)6)11-9-18-30(7)28(12-10-20-32)26(24(3)21-33)17-19-31(30,8)34/h11,21,25,27-28,32,34H,2,9-10,12-20H2,1,3-8H3/b22-11+,26-24+/t25-,27+,28+,30-,31-/m0/s1. The summed E-state index contributed by atoms with van der Waals surface area (Å²) in [6.45, 7) is 20.1. The van der Waals surface area contributed by atoms with Gasteiger partial charge in [-0.05, 0) is 114 Å². The molecule has 0 aromatic carbocycles. The van der Waals surface area contributed by atoms with E-state index in [0.29, 0.717) is 24.2 Å². The molecular formula is C31H52O3. The van der Waals surface area contributed by atoms with Crippen LogP contribution < -0.4 is 0 Å². The maximum absolute atomic E-state index is 11.6. The van der Waals surface area contributed by atoms with Gasteiger partial charge in [0, 0.05) is 12.0 Å². The van der Waals surface area contributed by atoms with Crippen LogP contribution in [0, 0.1) is 28.6 Å². The molecule has 0 aromatic heterocycles. The fourth-order valence-electron chi connectivity index (χ4n) is 6.86. The van der Waals surface area contributed by atoms with Gasteiger partial charge in [0.2, 0.25) is 0 Å². The van der Waals surface area contributed by atoms with Crippen molar-refractivity contribution in [2.75, 3.05) is 6.61 Å². The van der Waals surface area contributed by atoms with Gasteiger partial charge >= 0.3 is 0 Å². The number of carbonyl (C=O) groups excluding carboxylic acids is 1. The lowest BCUT2D eigenvalue weighted by Crippen LogP contribution is -2.52. The molecule has 2 aliphatic rings. The van der Waals surface area contributed by atoms with Crippen LogP contribution in [0.3, 0.4) is 0 Å². The Kier molecular flexibility index (Phi) is 9.99. The molecule has 0 aromatic rings. The van der Waals surface area contributed by atoms with E-state index in [1.54, 1.807) is 0 Å². The van der Waals surface area contributed by atoms with Gasteiger partial charge in [-0.3, -0.25) is 4.79 Å². The normalized spacial score (nSPS) is 35.9. The highest BCUT2D eigenvalue weighted by molar-refractivity contribution is 5.74. The molecule has 0 unspecified atom stereocenters. The Morgan fingerprint density at radius 2 is 1.79 bits per heavy atom. The highest BCUT2D eigenvalue weighted by Crippen LogP contribution is 2.55. The van der Waals surface area contributed by atoms with Gasteiger partial charge < -0.3 is 10.2 Å². The van der Waals surface area contributed by atoms with E-state index in [-0.39, 0.29) is 17.9 Å². The summed E-state index contributed by atoms with van der Waals surface area (Å²) in [6.07, 6.45) is 12.8. The number of hydrogen-bond donors (Lipinski definition) is 2. The molecule has 0 spiro atoms. The van der Waals surface area contributed by atoms with Crippen LogP contribution in [0.5, 0.6) is 0 Å². The van der Waals surface area contributed by atoms with E-state index >= 15 is 0 Å². The molecule has 2 aliphatic carbocycles. The van der Waals surface area contributed by atoms with Crippen molar-refractivity contribution in [2.24, 2.45) is 28.6 Å². The van der Waals surface area contributed by atoms with E-state index in [9.17, 15) is 15.0 Å². The Morgan fingerprint density at radius 3 is 2.41 bits per heavy atom. The van der Waals surface area contributed by atoms with Crippen molar-refractivity contribution in [3.8, 4) is 0 Å². The second kappa shape index (κ2) is 11.7. The molecular weight excluding hydrogens is 420 g/mol. The average Bonchev–Trinajstić information content (AvgIpc) is 2.77. The molecule has 0 radical (unpaired) electrons. The van der Waals surface area contributed by atoms with Gasteiger partial charge in [0.05, 0.1) is 5.60 Å². The van der Waals surface area contributed by atoms with Gasteiger partial charge in [0.15, 0.2) is 0 Å². The number of allylic oxidation sites excluding steroid dienone is 5. The summed E-state index contributed by atoms with van der Waals surface area (Å²) in [4.78, 5) is 11.6. The summed E-state index contributed by atoms with van der Waals surface area (Å²) in [5.41, 5.74) is 4.04. The van der Waals surface area contributed by atoms with Crippen LogP contribution in [-0.2, 0) is 4.79 Å². The van der Waals surface area contributed by atoms with Crippen LogP contribution in [0.2, 0.25) is 0 Å². The second-order valence-electron chi connectivity index (χ2n) is 12.5. The van der Waals surface area contributed by atoms with E-state index in [4.69, 9.17) is 0 Å². The zero-order chi connectivity index (χ0) is 25.7. The molecule has 2 rings (SSSR count). The topological polar surface area (TPSA) is 57.5 Å².